The van der Waals surface area contributed by atoms with Crippen LogP contribution in [-0.2, 0) is 28.3 Å². The van der Waals surface area contributed by atoms with E-state index in [4.69, 9.17) is 23.2 Å². The minimum Gasteiger partial charge on any atom is -0.352 e. The van der Waals surface area contributed by atoms with Crippen LogP contribution in [0.2, 0.25) is 10.0 Å². The van der Waals surface area contributed by atoms with Crippen LogP contribution in [0.15, 0.2) is 78.9 Å². The van der Waals surface area contributed by atoms with Crippen LogP contribution in [0.3, 0.4) is 0 Å². The summed E-state index contributed by atoms with van der Waals surface area (Å²) in [7, 11) is 0. The van der Waals surface area contributed by atoms with Gasteiger partial charge in [0.25, 0.3) is 0 Å². The Labute approximate surface area is 233 Å². The maximum atomic E-state index is 13.7. The van der Waals surface area contributed by atoms with Gasteiger partial charge in [0.15, 0.2) is 0 Å². The van der Waals surface area contributed by atoms with Crippen molar-refractivity contribution in [1.29, 1.82) is 0 Å². The van der Waals surface area contributed by atoms with Crippen LogP contribution in [-0.4, -0.2) is 34.6 Å². The van der Waals surface area contributed by atoms with Crippen molar-refractivity contribution < 1.29 is 9.59 Å². The van der Waals surface area contributed by atoms with Crippen molar-refractivity contribution in [3.8, 4) is 0 Å². The second-order valence-corrected chi connectivity index (χ2v) is 11.3. The van der Waals surface area contributed by atoms with Crippen LogP contribution < -0.4 is 5.32 Å². The van der Waals surface area contributed by atoms with Gasteiger partial charge in [-0.3, -0.25) is 9.59 Å². The molecule has 4 rings (SSSR count). The van der Waals surface area contributed by atoms with Gasteiger partial charge < -0.3 is 10.2 Å². The maximum Gasteiger partial charge on any atom is 0.243 e. The molecule has 3 aromatic rings. The molecule has 1 aliphatic carbocycles. The summed E-state index contributed by atoms with van der Waals surface area (Å²) in [6.45, 7) is 0.373. The van der Waals surface area contributed by atoms with E-state index in [9.17, 15) is 9.59 Å². The summed E-state index contributed by atoms with van der Waals surface area (Å²) in [5.41, 5.74) is 2.95. The van der Waals surface area contributed by atoms with Crippen molar-refractivity contribution in [2.24, 2.45) is 0 Å². The molecule has 0 aromatic heterocycles. The molecule has 2 amide bonds. The lowest BCUT2D eigenvalue weighted by Crippen LogP contribution is -2.52. The second kappa shape index (κ2) is 13.9. The molecule has 0 aliphatic heterocycles. The molecule has 0 unspecified atom stereocenters. The van der Waals surface area contributed by atoms with Crippen LogP contribution in [0.25, 0.3) is 0 Å². The molecule has 1 fully saturated rings. The van der Waals surface area contributed by atoms with E-state index in [0.717, 1.165) is 42.4 Å². The molecule has 0 saturated heterocycles. The monoisotopic (exact) mass is 554 g/mol. The van der Waals surface area contributed by atoms with Gasteiger partial charge >= 0.3 is 0 Å². The van der Waals surface area contributed by atoms with Crippen molar-refractivity contribution in [1.82, 2.24) is 10.2 Å². The fourth-order valence-corrected chi connectivity index (χ4v) is 6.14. The molecular formula is C30H32Cl2N2O2S. The van der Waals surface area contributed by atoms with E-state index in [1.807, 2.05) is 66.7 Å². The molecule has 0 bridgehead atoms. The smallest absolute Gasteiger partial charge is 0.243 e. The van der Waals surface area contributed by atoms with Crippen LogP contribution in [0.4, 0.5) is 0 Å². The Morgan fingerprint density at radius 3 is 2.22 bits per heavy atom. The van der Waals surface area contributed by atoms with Crippen LogP contribution in [0.5, 0.6) is 0 Å². The summed E-state index contributed by atoms with van der Waals surface area (Å²) in [4.78, 5) is 29.1. The fourth-order valence-electron chi connectivity index (χ4n) is 4.67. The number of hydrogen-bond donors (Lipinski definition) is 1. The maximum absolute atomic E-state index is 13.7. The van der Waals surface area contributed by atoms with Crippen LogP contribution >= 0.6 is 35.0 Å². The summed E-state index contributed by atoms with van der Waals surface area (Å²) in [6.07, 6.45) is 4.71. The first-order valence-corrected chi connectivity index (χ1v) is 14.6. The van der Waals surface area contributed by atoms with E-state index in [1.165, 1.54) is 11.8 Å². The number of rotatable bonds is 11. The number of thioether (sulfide) groups is 1. The Morgan fingerprint density at radius 1 is 0.919 bits per heavy atom. The van der Waals surface area contributed by atoms with Gasteiger partial charge in [0.05, 0.1) is 5.75 Å². The van der Waals surface area contributed by atoms with E-state index in [2.05, 4.69) is 5.32 Å². The van der Waals surface area contributed by atoms with Gasteiger partial charge in [0.1, 0.15) is 6.04 Å². The summed E-state index contributed by atoms with van der Waals surface area (Å²) >= 11 is 13.8. The molecule has 1 atom stereocenters. The summed E-state index contributed by atoms with van der Waals surface area (Å²) < 4.78 is 0. The van der Waals surface area contributed by atoms with Crippen molar-refractivity contribution in [2.45, 2.75) is 56.5 Å². The highest BCUT2D eigenvalue weighted by Gasteiger charge is 2.32. The first-order valence-electron chi connectivity index (χ1n) is 12.7. The Bertz CT molecular complexity index is 1170. The standard InChI is InChI=1S/C30H32Cl2N2O2S/c31-25-16-15-24(27(32)18-25)20-37-21-29(35)34(19-23-11-5-2-6-12-23)28(17-22-9-3-1-4-10-22)30(36)33-26-13-7-8-14-26/h1-6,9-12,15-16,18,26,28H,7-8,13-14,17,19-21H2,(H,33,36)/t28-/m1/s1. The van der Waals surface area contributed by atoms with Gasteiger partial charge in [-0.05, 0) is 41.7 Å². The summed E-state index contributed by atoms with van der Waals surface area (Å²) in [5, 5.41) is 4.42. The van der Waals surface area contributed by atoms with Crippen LogP contribution in [0, 0.1) is 0 Å². The third-order valence-electron chi connectivity index (χ3n) is 6.67. The predicted octanol–water partition coefficient (Wildman–Crippen LogP) is 6.93. The van der Waals surface area contributed by atoms with Gasteiger partial charge in [-0.1, -0.05) is 103 Å². The first-order chi connectivity index (χ1) is 18.0. The number of benzene rings is 3. The second-order valence-electron chi connectivity index (χ2n) is 9.43. The molecule has 1 N–H and O–H groups in total. The lowest BCUT2D eigenvalue weighted by molar-refractivity contribution is -0.139. The summed E-state index contributed by atoms with van der Waals surface area (Å²) in [6, 6.07) is 24.8. The number of hydrogen-bond acceptors (Lipinski definition) is 3. The molecule has 7 heteroatoms. The number of halogens is 2. The Kier molecular flexibility index (Phi) is 10.4. The SMILES string of the molecule is O=C(NC1CCCC1)[C@@H](Cc1ccccc1)N(Cc1ccccc1)C(=O)CSCc1ccc(Cl)cc1Cl. The highest BCUT2D eigenvalue weighted by Crippen LogP contribution is 2.26. The third-order valence-corrected chi connectivity index (χ3v) is 8.22. The number of nitrogens with one attached hydrogen (secondary N) is 1. The number of amides is 2. The Morgan fingerprint density at radius 2 is 1.57 bits per heavy atom. The Hall–Kier alpha value is -2.47. The van der Waals surface area contributed by atoms with Crippen molar-refractivity contribution >= 4 is 46.8 Å². The van der Waals surface area contributed by atoms with Crippen molar-refractivity contribution in [3.63, 3.8) is 0 Å². The lowest BCUT2D eigenvalue weighted by atomic mass is 10.0. The van der Waals surface area contributed by atoms with Crippen molar-refractivity contribution in [2.75, 3.05) is 5.75 Å². The van der Waals surface area contributed by atoms with Gasteiger partial charge in [-0.2, -0.15) is 0 Å². The highest BCUT2D eigenvalue weighted by molar-refractivity contribution is 7.99. The highest BCUT2D eigenvalue weighted by atomic mass is 35.5. The normalized spacial score (nSPS) is 14.3. The van der Waals surface area contributed by atoms with E-state index < -0.39 is 6.04 Å². The molecule has 3 aromatic carbocycles. The van der Waals surface area contributed by atoms with Gasteiger partial charge in [0.2, 0.25) is 11.8 Å². The average Bonchev–Trinajstić information content (AvgIpc) is 3.41. The molecule has 194 valence electrons. The van der Waals surface area contributed by atoms with E-state index in [1.54, 1.807) is 17.0 Å². The number of nitrogens with zero attached hydrogens (tertiary/aromatic N) is 1. The Balaban J connectivity index is 1.54. The molecule has 4 nitrogen and oxygen atoms in total. The van der Waals surface area contributed by atoms with E-state index in [0.29, 0.717) is 28.8 Å². The minimum absolute atomic E-state index is 0.0681. The molecule has 37 heavy (non-hydrogen) atoms. The molecule has 0 heterocycles. The quantitative estimate of drug-likeness (QED) is 0.279. The third kappa shape index (κ3) is 8.26. The van der Waals surface area contributed by atoms with Crippen molar-refractivity contribution in [3.05, 3.63) is 106 Å². The van der Waals surface area contributed by atoms with Gasteiger partial charge in [-0.25, -0.2) is 0 Å². The number of carbonyl (C=O) groups excluding carboxylic acids is 2. The largest absolute Gasteiger partial charge is 0.352 e. The average molecular weight is 556 g/mol. The molecular weight excluding hydrogens is 523 g/mol. The fraction of sp³-hybridized carbons (Fsp3) is 0.333. The lowest BCUT2D eigenvalue weighted by Gasteiger charge is -2.32. The van der Waals surface area contributed by atoms with E-state index >= 15 is 0 Å². The molecule has 1 aliphatic rings. The van der Waals surface area contributed by atoms with Gasteiger partial charge in [-0.15, -0.1) is 11.8 Å². The zero-order chi connectivity index (χ0) is 26.0. The molecule has 0 spiro atoms. The predicted molar refractivity (Wildman–Crippen MR) is 154 cm³/mol. The first kappa shape index (κ1) is 27.6. The van der Waals surface area contributed by atoms with E-state index in [-0.39, 0.29) is 23.6 Å². The van der Waals surface area contributed by atoms with Crippen LogP contribution in [0.1, 0.15) is 42.4 Å². The number of carbonyl (C=O) groups is 2. The zero-order valence-electron chi connectivity index (χ0n) is 20.7. The topological polar surface area (TPSA) is 49.4 Å². The summed E-state index contributed by atoms with van der Waals surface area (Å²) in [5.74, 6) is 0.680. The molecule has 1 saturated carbocycles. The zero-order valence-corrected chi connectivity index (χ0v) is 23.1. The molecule has 0 radical (unpaired) electrons. The minimum atomic E-state index is -0.601. The van der Waals surface area contributed by atoms with Gasteiger partial charge in [0, 0.05) is 34.8 Å².